The van der Waals surface area contributed by atoms with E-state index in [9.17, 15) is 4.39 Å². The topological polar surface area (TPSA) is 38.0 Å². The van der Waals surface area contributed by atoms with Crippen molar-refractivity contribution in [3.8, 4) is 0 Å². The van der Waals surface area contributed by atoms with Gasteiger partial charge in [-0.2, -0.15) is 0 Å². The molecule has 0 bridgehead atoms. The molecule has 1 unspecified atom stereocenters. The third-order valence-corrected chi connectivity index (χ3v) is 4.17. The van der Waals surface area contributed by atoms with Crippen LogP contribution in [0.15, 0.2) is 46.9 Å². The van der Waals surface area contributed by atoms with Gasteiger partial charge in [0, 0.05) is 5.02 Å². The Morgan fingerprint density at radius 2 is 1.95 bits per heavy atom. The van der Waals surface area contributed by atoms with Crippen molar-refractivity contribution in [2.75, 3.05) is 0 Å². The van der Waals surface area contributed by atoms with Gasteiger partial charge in [-0.05, 0) is 45.6 Å². The van der Waals surface area contributed by atoms with Crippen LogP contribution in [0.4, 0.5) is 4.39 Å². The summed E-state index contributed by atoms with van der Waals surface area (Å²) in [5.41, 5.74) is 4.45. The lowest BCUT2D eigenvalue weighted by molar-refractivity contribution is 0.546. The maximum atomic E-state index is 13.5. The Bertz CT molecular complexity index is 577. The van der Waals surface area contributed by atoms with Gasteiger partial charge in [0.05, 0.1) is 10.5 Å². The zero-order chi connectivity index (χ0) is 13.8. The van der Waals surface area contributed by atoms with Gasteiger partial charge in [-0.15, -0.1) is 0 Å². The van der Waals surface area contributed by atoms with Crippen LogP contribution >= 0.6 is 27.5 Å². The van der Waals surface area contributed by atoms with Crippen LogP contribution in [0.5, 0.6) is 0 Å². The fourth-order valence-corrected chi connectivity index (χ4v) is 2.64. The summed E-state index contributed by atoms with van der Waals surface area (Å²) in [4.78, 5) is 0. The van der Waals surface area contributed by atoms with Crippen LogP contribution in [-0.4, -0.2) is 0 Å². The molecule has 0 saturated heterocycles. The van der Waals surface area contributed by atoms with Crippen molar-refractivity contribution >= 4 is 27.5 Å². The Kier molecular flexibility index (Phi) is 4.93. The Labute approximate surface area is 124 Å². The van der Waals surface area contributed by atoms with Crippen LogP contribution in [0.25, 0.3) is 0 Å². The van der Waals surface area contributed by atoms with Crippen LogP contribution in [0.2, 0.25) is 5.02 Å². The molecule has 0 saturated carbocycles. The van der Waals surface area contributed by atoms with Crippen LogP contribution in [0.1, 0.15) is 17.2 Å². The number of benzene rings is 2. The van der Waals surface area contributed by atoms with E-state index in [1.807, 2.05) is 30.3 Å². The van der Waals surface area contributed by atoms with Crippen molar-refractivity contribution in [3.05, 3.63) is 68.9 Å². The molecule has 0 fully saturated rings. The van der Waals surface area contributed by atoms with Crippen molar-refractivity contribution in [1.82, 2.24) is 5.43 Å². The highest BCUT2D eigenvalue weighted by Crippen LogP contribution is 2.28. The second-order valence-corrected chi connectivity index (χ2v) is 5.36. The van der Waals surface area contributed by atoms with E-state index >= 15 is 0 Å². The minimum Gasteiger partial charge on any atom is -0.271 e. The molecular formula is C14H13BrClFN2. The number of hydrogen-bond donors (Lipinski definition) is 2. The summed E-state index contributed by atoms with van der Waals surface area (Å²) in [7, 11) is 0. The van der Waals surface area contributed by atoms with E-state index < -0.39 is 0 Å². The maximum Gasteiger partial charge on any atom is 0.137 e. The second-order valence-electron chi connectivity index (χ2n) is 4.16. The van der Waals surface area contributed by atoms with Crippen LogP contribution in [0, 0.1) is 5.82 Å². The van der Waals surface area contributed by atoms with Crippen LogP contribution in [-0.2, 0) is 6.42 Å². The number of hydrogen-bond acceptors (Lipinski definition) is 2. The molecule has 0 aliphatic rings. The van der Waals surface area contributed by atoms with Gasteiger partial charge < -0.3 is 0 Å². The van der Waals surface area contributed by atoms with Crippen LogP contribution in [0.3, 0.4) is 0 Å². The molecule has 3 N–H and O–H groups in total. The number of hydrazine groups is 1. The molecule has 100 valence electrons. The van der Waals surface area contributed by atoms with E-state index in [-0.39, 0.29) is 11.9 Å². The van der Waals surface area contributed by atoms with E-state index in [1.165, 1.54) is 6.07 Å². The summed E-state index contributed by atoms with van der Waals surface area (Å²) >= 11 is 9.41. The van der Waals surface area contributed by atoms with Gasteiger partial charge in [-0.1, -0.05) is 41.9 Å². The standard InChI is InChI=1S/C14H13BrClFN2/c15-14-9(4-3-7-12(14)17)8-13(19-18)10-5-1-2-6-11(10)16/h1-7,13,19H,8,18H2. The average molecular weight is 344 g/mol. The molecule has 2 aromatic rings. The first-order valence-corrected chi connectivity index (χ1v) is 6.94. The smallest absolute Gasteiger partial charge is 0.137 e. The Hall–Kier alpha value is -0.940. The fraction of sp³-hybridized carbons (Fsp3) is 0.143. The third-order valence-electron chi connectivity index (χ3n) is 2.94. The molecule has 2 nitrogen and oxygen atoms in total. The lowest BCUT2D eigenvalue weighted by Gasteiger charge is -2.18. The normalized spacial score (nSPS) is 12.4. The van der Waals surface area contributed by atoms with Gasteiger partial charge in [-0.25, -0.2) is 4.39 Å². The lowest BCUT2D eigenvalue weighted by Crippen LogP contribution is -2.30. The molecule has 0 spiro atoms. The minimum atomic E-state index is -0.285. The van der Waals surface area contributed by atoms with Crippen molar-refractivity contribution in [1.29, 1.82) is 0 Å². The summed E-state index contributed by atoms with van der Waals surface area (Å²) in [6.07, 6.45) is 0.540. The predicted octanol–water partition coefficient (Wildman–Crippen LogP) is 3.99. The summed E-state index contributed by atoms with van der Waals surface area (Å²) in [5, 5.41) is 0.637. The van der Waals surface area contributed by atoms with Gasteiger partial charge in [-0.3, -0.25) is 11.3 Å². The van der Waals surface area contributed by atoms with E-state index in [2.05, 4.69) is 21.4 Å². The Morgan fingerprint density at radius 3 is 2.63 bits per heavy atom. The third kappa shape index (κ3) is 3.34. The molecule has 5 heteroatoms. The lowest BCUT2D eigenvalue weighted by atomic mass is 9.99. The van der Waals surface area contributed by atoms with Gasteiger partial charge in [0.2, 0.25) is 0 Å². The molecule has 0 aromatic heterocycles. The Balaban J connectivity index is 2.30. The van der Waals surface area contributed by atoms with E-state index in [0.29, 0.717) is 15.9 Å². The first-order valence-electron chi connectivity index (χ1n) is 5.77. The molecule has 0 amide bonds. The SMILES string of the molecule is NNC(Cc1cccc(F)c1Br)c1ccccc1Cl. The molecule has 0 radical (unpaired) electrons. The van der Waals surface area contributed by atoms with Crippen molar-refractivity contribution < 1.29 is 4.39 Å². The molecule has 0 heterocycles. The molecule has 2 aromatic carbocycles. The van der Waals surface area contributed by atoms with Gasteiger partial charge in [0.25, 0.3) is 0 Å². The van der Waals surface area contributed by atoms with Gasteiger partial charge in [0.15, 0.2) is 0 Å². The molecule has 19 heavy (non-hydrogen) atoms. The highest BCUT2D eigenvalue weighted by Gasteiger charge is 2.16. The number of nitrogens with one attached hydrogen (secondary N) is 1. The molecule has 2 rings (SSSR count). The number of nitrogens with two attached hydrogens (primary N) is 1. The first-order chi connectivity index (χ1) is 9.13. The maximum absolute atomic E-state index is 13.5. The van der Waals surface area contributed by atoms with Gasteiger partial charge >= 0.3 is 0 Å². The summed E-state index contributed by atoms with van der Waals surface area (Å²) in [5.74, 6) is 5.31. The second kappa shape index (κ2) is 6.48. The van der Waals surface area contributed by atoms with E-state index in [4.69, 9.17) is 17.4 Å². The zero-order valence-electron chi connectivity index (χ0n) is 10.0. The monoisotopic (exact) mass is 342 g/mol. The molecule has 1 atom stereocenters. The van der Waals surface area contributed by atoms with Gasteiger partial charge in [0.1, 0.15) is 5.82 Å². The minimum absolute atomic E-state index is 0.174. The number of halogens is 3. The summed E-state index contributed by atoms with van der Waals surface area (Å²) < 4.78 is 14.0. The highest BCUT2D eigenvalue weighted by molar-refractivity contribution is 9.10. The number of rotatable bonds is 4. The average Bonchev–Trinajstić information content (AvgIpc) is 2.41. The first kappa shape index (κ1) is 14.5. The fourth-order valence-electron chi connectivity index (χ4n) is 1.94. The Morgan fingerprint density at radius 1 is 1.21 bits per heavy atom. The molecule has 0 aliphatic carbocycles. The quantitative estimate of drug-likeness (QED) is 0.651. The van der Waals surface area contributed by atoms with E-state index in [0.717, 1.165) is 11.1 Å². The zero-order valence-corrected chi connectivity index (χ0v) is 12.4. The van der Waals surface area contributed by atoms with Crippen molar-refractivity contribution in [3.63, 3.8) is 0 Å². The van der Waals surface area contributed by atoms with Crippen molar-refractivity contribution in [2.24, 2.45) is 5.84 Å². The largest absolute Gasteiger partial charge is 0.271 e. The predicted molar refractivity (Wildman–Crippen MR) is 79.3 cm³/mol. The molecule has 0 aliphatic heterocycles. The van der Waals surface area contributed by atoms with E-state index in [1.54, 1.807) is 6.07 Å². The van der Waals surface area contributed by atoms with Crippen molar-refractivity contribution in [2.45, 2.75) is 12.5 Å². The summed E-state index contributed by atoms with van der Waals surface area (Å²) in [6, 6.07) is 12.2. The highest BCUT2D eigenvalue weighted by atomic mass is 79.9. The van der Waals surface area contributed by atoms with Crippen LogP contribution < -0.4 is 11.3 Å². The summed E-state index contributed by atoms with van der Waals surface area (Å²) in [6.45, 7) is 0. The molecular weight excluding hydrogens is 331 g/mol.